The number of nitro groups is 1. The maximum absolute atomic E-state index is 12.0. The van der Waals surface area contributed by atoms with E-state index in [1.165, 1.54) is 24.3 Å². The van der Waals surface area contributed by atoms with Gasteiger partial charge in [-0.05, 0) is 25.5 Å². The Morgan fingerprint density at radius 1 is 1.47 bits per heavy atom. The average molecular weight is 264 g/mol. The number of rotatable bonds is 2. The summed E-state index contributed by atoms with van der Waals surface area (Å²) in [7, 11) is 0. The van der Waals surface area contributed by atoms with Crippen LogP contribution in [0, 0.1) is 10.1 Å². The number of hydrogen-bond acceptors (Lipinski definition) is 4. The molecule has 2 rings (SSSR count). The molecule has 7 nitrogen and oxygen atoms in total. The fraction of sp³-hybridized carbons (Fsp3) is 0.417. The maximum atomic E-state index is 12.0. The first-order valence-corrected chi connectivity index (χ1v) is 6.06. The van der Waals surface area contributed by atoms with Crippen molar-refractivity contribution in [1.29, 1.82) is 0 Å². The van der Waals surface area contributed by atoms with Gasteiger partial charge in [0.2, 0.25) is 0 Å². The van der Waals surface area contributed by atoms with E-state index in [4.69, 9.17) is 5.73 Å². The zero-order valence-corrected chi connectivity index (χ0v) is 10.6. The third kappa shape index (κ3) is 2.82. The molecule has 2 unspecified atom stereocenters. The largest absolute Gasteiger partial charge is 0.326 e. The number of nitrogens with one attached hydrogen (secondary N) is 1. The first kappa shape index (κ1) is 13.3. The van der Waals surface area contributed by atoms with Crippen LogP contribution in [0.5, 0.6) is 0 Å². The molecule has 1 aromatic rings. The Morgan fingerprint density at radius 2 is 2.11 bits per heavy atom. The van der Waals surface area contributed by atoms with Crippen LogP contribution in [0.15, 0.2) is 24.3 Å². The van der Waals surface area contributed by atoms with Crippen LogP contribution in [0.2, 0.25) is 0 Å². The molecule has 7 heteroatoms. The van der Waals surface area contributed by atoms with Gasteiger partial charge in [0.15, 0.2) is 0 Å². The van der Waals surface area contributed by atoms with Crippen LogP contribution in [-0.4, -0.2) is 34.5 Å². The number of non-ortho nitro benzene ring substituents is 1. The summed E-state index contributed by atoms with van der Waals surface area (Å²) in [5.41, 5.74) is 6.38. The molecule has 2 amide bonds. The molecule has 1 fully saturated rings. The summed E-state index contributed by atoms with van der Waals surface area (Å²) in [6, 6.07) is 5.51. The molecule has 102 valence electrons. The monoisotopic (exact) mass is 264 g/mol. The molecular formula is C12H16N4O3. The Hall–Kier alpha value is -2.15. The number of nitro benzene ring substituents is 1. The van der Waals surface area contributed by atoms with E-state index >= 15 is 0 Å². The summed E-state index contributed by atoms with van der Waals surface area (Å²) < 4.78 is 0. The highest BCUT2D eigenvalue weighted by Crippen LogP contribution is 2.19. The smallest absolute Gasteiger partial charge is 0.322 e. The highest BCUT2D eigenvalue weighted by molar-refractivity contribution is 5.89. The molecule has 1 heterocycles. The first-order valence-electron chi connectivity index (χ1n) is 6.06. The van der Waals surface area contributed by atoms with Gasteiger partial charge in [-0.3, -0.25) is 10.1 Å². The van der Waals surface area contributed by atoms with Crippen molar-refractivity contribution in [2.45, 2.75) is 25.4 Å². The number of nitrogens with zero attached hydrogens (tertiary/aromatic N) is 2. The van der Waals surface area contributed by atoms with Gasteiger partial charge in [-0.15, -0.1) is 0 Å². The minimum Gasteiger partial charge on any atom is -0.326 e. The van der Waals surface area contributed by atoms with E-state index in [0.29, 0.717) is 12.2 Å². The number of carbonyl (C=O) groups excluding carboxylic acids is 1. The van der Waals surface area contributed by atoms with E-state index in [1.807, 2.05) is 6.92 Å². The minimum atomic E-state index is -0.479. The standard InChI is InChI=1S/C12H16N4O3/c1-8-11(13)6-7-15(8)12(17)14-9-2-4-10(5-3-9)16(18)19/h2-5,8,11H,6-7,13H2,1H3,(H,14,17). The van der Waals surface area contributed by atoms with Crippen LogP contribution < -0.4 is 11.1 Å². The normalized spacial score (nSPS) is 22.3. The van der Waals surface area contributed by atoms with Crippen molar-refractivity contribution in [3.05, 3.63) is 34.4 Å². The number of nitrogens with two attached hydrogens (primary N) is 1. The highest BCUT2D eigenvalue weighted by atomic mass is 16.6. The lowest BCUT2D eigenvalue weighted by molar-refractivity contribution is -0.384. The Labute approximate surface area is 110 Å². The lowest BCUT2D eigenvalue weighted by Crippen LogP contribution is -2.42. The Morgan fingerprint density at radius 3 is 2.58 bits per heavy atom. The molecule has 19 heavy (non-hydrogen) atoms. The van der Waals surface area contributed by atoms with E-state index in [1.54, 1.807) is 4.90 Å². The summed E-state index contributed by atoms with van der Waals surface area (Å²) in [6.07, 6.45) is 0.787. The van der Waals surface area contributed by atoms with Gasteiger partial charge in [0.25, 0.3) is 5.69 Å². The predicted molar refractivity (Wildman–Crippen MR) is 70.9 cm³/mol. The molecule has 1 aromatic carbocycles. The number of benzene rings is 1. The van der Waals surface area contributed by atoms with Crippen molar-refractivity contribution in [2.24, 2.45) is 5.73 Å². The van der Waals surface area contributed by atoms with Gasteiger partial charge in [-0.2, -0.15) is 0 Å². The molecule has 0 spiro atoms. The predicted octanol–water partition coefficient (Wildman–Crippen LogP) is 1.55. The third-order valence-corrected chi connectivity index (χ3v) is 3.40. The van der Waals surface area contributed by atoms with E-state index in [2.05, 4.69) is 5.32 Å². The van der Waals surface area contributed by atoms with Gasteiger partial charge in [-0.25, -0.2) is 4.79 Å². The molecule has 0 aliphatic carbocycles. The summed E-state index contributed by atoms with van der Waals surface area (Å²) in [6.45, 7) is 2.54. The summed E-state index contributed by atoms with van der Waals surface area (Å²) in [5.74, 6) is 0. The third-order valence-electron chi connectivity index (χ3n) is 3.40. The van der Waals surface area contributed by atoms with Gasteiger partial charge in [0.05, 0.1) is 4.92 Å². The highest BCUT2D eigenvalue weighted by Gasteiger charge is 2.31. The Kier molecular flexibility index (Phi) is 3.66. The van der Waals surface area contributed by atoms with Crippen LogP contribution >= 0.6 is 0 Å². The van der Waals surface area contributed by atoms with E-state index in [-0.39, 0.29) is 23.8 Å². The number of carbonyl (C=O) groups is 1. The van der Waals surface area contributed by atoms with Crippen molar-refractivity contribution in [2.75, 3.05) is 11.9 Å². The zero-order chi connectivity index (χ0) is 14.0. The van der Waals surface area contributed by atoms with Crippen molar-refractivity contribution < 1.29 is 9.72 Å². The second-order valence-electron chi connectivity index (χ2n) is 4.62. The van der Waals surface area contributed by atoms with Gasteiger partial charge in [0.1, 0.15) is 0 Å². The maximum Gasteiger partial charge on any atom is 0.322 e. The summed E-state index contributed by atoms with van der Waals surface area (Å²) in [4.78, 5) is 23.7. The second-order valence-corrected chi connectivity index (χ2v) is 4.62. The van der Waals surface area contributed by atoms with Crippen molar-refractivity contribution in [3.8, 4) is 0 Å². The average Bonchev–Trinajstić information content (AvgIpc) is 2.70. The lowest BCUT2D eigenvalue weighted by atomic mass is 10.2. The van der Waals surface area contributed by atoms with Crippen molar-refractivity contribution >= 4 is 17.4 Å². The van der Waals surface area contributed by atoms with Gasteiger partial charge in [0, 0.05) is 36.4 Å². The lowest BCUT2D eigenvalue weighted by Gasteiger charge is -2.23. The van der Waals surface area contributed by atoms with Crippen LogP contribution in [0.1, 0.15) is 13.3 Å². The molecule has 1 aliphatic rings. The fourth-order valence-electron chi connectivity index (χ4n) is 2.11. The quantitative estimate of drug-likeness (QED) is 0.625. The first-order chi connectivity index (χ1) is 8.99. The number of hydrogen-bond donors (Lipinski definition) is 2. The number of urea groups is 1. The van der Waals surface area contributed by atoms with Gasteiger partial charge >= 0.3 is 6.03 Å². The second kappa shape index (κ2) is 5.23. The fourth-order valence-corrected chi connectivity index (χ4v) is 2.11. The topological polar surface area (TPSA) is 102 Å². The summed E-state index contributed by atoms with van der Waals surface area (Å²) >= 11 is 0. The van der Waals surface area contributed by atoms with Gasteiger partial charge in [-0.1, -0.05) is 0 Å². The van der Waals surface area contributed by atoms with Crippen LogP contribution in [0.3, 0.4) is 0 Å². The minimum absolute atomic E-state index is 0.00181. The van der Waals surface area contributed by atoms with Crippen LogP contribution in [-0.2, 0) is 0 Å². The Balaban J connectivity index is 2.01. The van der Waals surface area contributed by atoms with Crippen molar-refractivity contribution in [3.63, 3.8) is 0 Å². The summed E-state index contributed by atoms with van der Waals surface area (Å²) in [5, 5.41) is 13.2. The molecule has 1 aliphatic heterocycles. The van der Waals surface area contributed by atoms with E-state index in [9.17, 15) is 14.9 Å². The molecule has 2 atom stereocenters. The van der Waals surface area contributed by atoms with E-state index in [0.717, 1.165) is 6.42 Å². The Bertz CT molecular complexity index is 488. The SMILES string of the molecule is CC1C(N)CCN1C(=O)Nc1ccc([N+](=O)[O-])cc1. The molecule has 0 radical (unpaired) electrons. The zero-order valence-electron chi connectivity index (χ0n) is 10.6. The van der Waals surface area contributed by atoms with Gasteiger partial charge < -0.3 is 16.0 Å². The molecule has 3 N–H and O–H groups in total. The number of amides is 2. The molecule has 0 bridgehead atoms. The van der Waals surface area contributed by atoms with E-state index < -0.39 is 4.92 Å². The van der Waals surface area contributed by atoms with Crippen molar-refractivity contribution in [1.82, 2.24) is 4.90 Å². The molecule has 0 saturated carbocycles. The molecular weight excluding hydrogens is 248 g/mol. The molecule has 1 saturated heterocycles. The van der Waals surface area contributed by atoms with Crippen LogP contribution in [0.25, 0.3) is 0 Å². The number of anilines is 1. The molecule has 0 aromatic heterocycles. The number of likely N-dealkylation sites (tertiary alicyclic amines) is 1. The van der Waals surface area contributed by atoms with Crippen LogP contribution in [0.4, 0.5) is 16.2 Å².